The molecule has 2 aromatic heterocycles. The molecule has 0 aliphatic carbocycles. The molecule has 0 atom stereocenters. The van der Waals surface area contributed by atoms with Gasteiger partial charge in [-0.05, 0) is 12.1 Å². The van der Waals surface area contributed by atoms with Gasteiger partial charge in [0.15, 0.2) is 5.82 Å². The Labute approximate surface area is 176 Å². The third-order valence-electron chi connectivity index (χ3n) is 3.74. The van der Waals surface area contributed by atoms with Gasteiger partial charge in [-0.25, -0.2) is 9.78 Å². The largest absolute Gasteiger partial charge is 0.477 e. The Morgan fingerprint density at radius 1 is 0.929 bits per heavy atom. The molecule has 0 spiro atoms. The summed E-state index contributed by atoms with van der Waals surface area (Å²) in [4.78, 5) is 13.7. The Kier molecular flexibility index (Phi) is 7.75. The van der Waals surface area contributed by atoms with Crippen molar-refractivity contribution < 1.29 is 30.0 Å². The van der Waals surface area contributed by atoms with E-state index in [1.165, 1.54) is 12.3 Å². The minimum absolute atomic E-state index is 0. The van der Waals surface area contributed by atoms with Crippen LogP contribution in [0.4, 0.5) is 0 Å². The molecule has 0 fully saturated rings. The van der Waals surface area contributed by atoms with Crippen molar-refractivity contribution in [3.05, 3.63) is 90.8 Å². The first kappa shape index (κ1) is 21.2. The van der Waals surface area contributed by atoms with E-state index >= 15 is 0 Å². The first-order valence-electron chi connectivity index (χ1n) is 8.23. The molecule has 28 heavy (non-hydrogen) atoms. The van der Waals surface area contributed by atoms with Crippen LogP contribution in [-0.4, -0.2) is 30.8 Å². The zero-order valence-corrected chi connectivity index (χ0v) is 17.4. The molecule has 0 saturated heterocycles. The molecule has 0 aliphatic rings. The second-order valence-electron chi connectivity index (χ2n) is 5.57. The summed E-state index contributed by atoms with van der Waals surface area (Å²) in [6, 6.07) is 25.8. The van der Waals surface area contributed by atoms with E-state index in [1.807, 2.05) is 66.2 Å². The summed E-state index contributed by atoms with van der Waals surface area (Å²) >= 11 is 0. The smallest absolute Gasteiger partial charge is 0.354 e. The summed E-state index contributed by atoms with van der Waals surface area (Å²) in [5.41, 5.74) is 2.10. The molecular weight excluding hydrogens is 532 g/mol. The zero-order valence-electron chi connectivity index (χ0n) is 15.0. The molecule has 7 heteroatoms. The molecular formula is C21H17IrN4O2-. The van der Waals surface area contributed by atoms with Gasteiger partial charge in [0.05, 0.1) is 5.82 Å². The molecule has 4 rings (SSSR count). The van der Waals surface area contributed by atoms with Crippen LogP contribution in [0.3, 0.4) is 0 Å². The van der Waals surface area contributed by atoms with Crippen LogP contribution in [0.2, 0.25) is 0 Å². The Balaban J connectivity index is 0.000000239. The summed E-state index contributed by atoms with van der Waals surface area (Å²) in [5, 5.41) is 16.8. The van der Waals surface area contributed by atoms with E-state index in [0.29, 0.717) is 0 Å². The normalized spacial score (nSPS) is 9.61. The first-order valence-corrected chi connectivity index (χ1v) is 8.23. The molecule has 1 radical (unpaired) electrons. The number of nitrogens with zero attached hydrogens (tertiary/aromatic N) is 4. The number of carboxylic acids is 1. The Bertz CT molecular complexity index is 950. The topological polar surface area (TPSA) is 80.9 Å². The fraction of sp³-hybridized carbons (Fsp3) is 0.0476. The number of aromatic nitrogens is 4. The Hall–Kier alpha value is -3.15. The van der Waals surface area contributed by atoms with E-state index in [9.17, 15) is 4.79 Å². The minimum Gasteiger partial charge on any atom is -0.477 e. The fourth-order valence-electron chi connectivity index (χ4n) is 2.42. The molecule has 1 N–H and O–H groups in total. The molecule has 0 saturated carbocycles. The van der Waals surface area contributed by atoms with Crippen LogP contribution in [0, 0.1) is 6.07 Å². The van der Waals surface area contributed by atoms with Crippen LogP contribution < -0.4 is 0 Å². The van der Waals surface area contributed by atoms with E-state index in [0.717, 1.165) is 22.8 Å². The fourth-order valence-corrected chi connectivity index (χ4v) is 2.42. The van der Waals surface area contributed by atoms with Gasteiger partial charge < -0.3 is 9.67 Å². The van der Waals surface area contributed by atoms with Gasteiger partial charge >= 0.3 is 5.97 Å². The van der Waals surface area contributed by atoms with Gasteiger partial charge in [0.25, 0.3) is 0 Å². The predicted octanol–water partition coefficient (Wildman–Crippen LogP) is 3.73. The maximum atomic E-state index is 10.1. The zero-order chi connectivity index (χ0) is 19.1. The minimum atomic E-state index is -0.990. The maximum absolute atomic E-state index is 10.1. The van der Waals surface area contributed by atoms with Crippen LogP contribution in [0.15, 0.2) is 79.0 Å². The van der Waals surface area contributed by atoms with E-state index < -0.39 is 5.97 Å². The van der Waals surface area contributed by atoms with E-state index in [-0.39, 0.29) is 25.8 Å². The van der Waals surface area contributed by atoms with E-state index in [2.05, 4.69) is 21.2 Å². The monoisotopic (exact) mass is 550 g/mol. The van der Waals surface area contributed by atoms with E-state index in [1.54, 1.807) is 12.1 Å². The van der Waals surface area contributed by atoms with Crippen LogP contribution in [0.1, 0.15) is 10.5 Å². The molecule has 6 nitrogen and oxygen atoms in total. The number of aromatic carboxylic acids is 1. The summed E-state index contributed by atoms with van der Waals surface area (Å²) < 4.78 is 1.99. The number of pyridine rings is 1. The Morgan fingerprint density at radius 2 is 1.61 bits per heavy atom. The summed E-state index contributed by atoms with van der Waals surface area (Å²) in [6.45, 7) is 0. The van der Waals surface area contributed by atoms with Gasteiger partial charge in [0.2, 0.25) is 0 Å². The van der Waals surface area contributed by atoms with Crippen molar-refractivity contribution in [3.8, 4) is 22.8 Å². The van der Waals surface area contributed by atoms with Gasteiger partial charge in [-0.15, -0.1) is 41.0 Å². The van der Waals surface area contributed by atoms with Crippen molar-refractivity contribution in [1.29, 1.82) is 0 Å². The van der Waals surface area contributed by atoms with Crippen molar-refractivity contribution in [2.24, 2.45) is 7.05 Å². The van der Waals surface area contributed by atoms with Crippen molar-refractivity contribution in [2.75, 3.05) is 0 Å². The van der Waals surface area contributed by atoms with Crippen molar-refractivity contribution in [3.63, 3.8) is 0 Å². The van der Waals surface area contributed by atoms with Gasteiger partial charge in [-0.1, -0.05) is 36.4 Å². The molecule has 0 amide bonds. The molecule has 4 aromatic rings. The van der Waals surface area contributed by atoms with Gasteiger partial charge in [-0.3, -0.25) is 0 Å². The quantitative estimate of drug-likeness (QED) is 0.394. The SMILES string of the molecule is Cn1c(-c2[c-]cccc2)nnc1-c1ccccc1.O=C(O)c1ccccn1.[Ir]. The number of hydrogen-bond acceptors (Lipinski definition) is 4. The number of carboxylic acid groups (broad SMARTS) is 1. The van der Waals surface area contributed by atoms with Gasteiger partial charge in [-0.2, -0.15) is 5.10 Å². The molecule has 0 aliphatic heterocycles. The summed E-state index contributed by atoms with van der Waals surface area (Å²) in [5.74, 6) is 0.702. The standard InChI is InChI=1S/C15H12N3.C6H5NO2.Ir/c1-18-14(12-8-4-2-5-9-12)16-17-15(18)13-10-6-3-7-11-13;8-6(9)5-3-1-2-4-7-5;/h2-10H,1H3;1-4H,(H,8,9);/q-1;;. The predicted molar refractivity (Wildman–Crippen MR) is 102 cm³/mol. The third-order valence-corrected chi connectivity index (χ3v) is 3.74. The maximum Gasteiger partial charge on any atom is 0.354 e. The average Bonchev–Trinajstić information content (AvgIpc) is 3.12. The number of rotatable bonds is 3. The molecule has 2 heterocycles. The van der Waals surface area contributed by atoms with Crippen molar-refractivity contribution in [2.45, 2.75) is 0 Å². The number of carbonyl (C=O) groups is 1. The second-order valence-corrected chi connectivity index (χ2v) is 5.57. The molecule has 2 aromatic carbocycles. The van der Waals surface area contributed by atoms with Crippen molar-refractivity contribution >= 4 is 5.97 Å². The second kappa shape index (κ2) is 10.3. The number of benzene rings is 2. The Morgan fingerprint density at radius 3 is 2.18 bits per heavy atom. The average molecular weight is 550 g/mol. The summed E-state index contributed by atoms with van der Waals surface area (Å²) in [6.07, 6.45) is 1.45. The molecule has 0 bridgehead atoms. The molecule has 0 unspecified atom stereocenters. The van der Waals surface area contributed by atoms with Crippen LogP contribution in [0.5, 0.6) is 0 Å². The van der Waals surface area contributed by atoms with E-state index in [4.69, 9.17) is 5.11 Å². The van der Waals surface area contributed by atoms with Crippen LogP contribution in [0.25, 0.3) is 22.8 Å². The van der Waals surface area contributed by atoms with Gasteiger partial charge in [0, 0.05) is 38.9 Å². The van der Waals surface area contributed by atoms with Crippen LogP contribution >= 0.6 is 0 Å². The third kappa shape index (κ3) is 5.19. The number of hydrogen-bond donors (Lipinski definition) is 1. The first-order chi connectivity index (χ1) is 13.2. The van der Waals surface area contributed by atoms with Crippen molar-refractivity contribution in [1.82, 2.24) is 19.7 Å². The van der Waals surface area contributed by atoms with Gasteiger partial charge in [0.1, 0.15) is 5.69 Å². The molecule has 143 valence electrons. The van der Waals surface area contributed by atoms with Crippen LogP contribution in [-0.2, 0) is 27.2 Å². The summed E-state index contributed by atoms with van der Waals surface area (Å²) in [7, 11) is 1.97.